The Morgan fingerprint density at radius 2 is 1.80 bits per heavy atom. The van der Waals surface area contributed by atoms with Crippen LogP contribution in [0.25, 0.3) is 0 Å². The largest absolute Gasteiger partial charge is 0.497 e. The summed E-state index contributed by atoms with van der Waals surface area (Å²) in [5, 5.41) is 2.59. The maximum atomic E-state index is 11.8. The van der Waals surface area contributed by atoms with Crippen LogP contribution in [0, 0.1) is 0 Å². The van der Waals surface area contributed by atoms with Gasteiger partial charge in [-0.25, -0.2) is 0 Å². The Bertz CT molecular complexity index is 757. The molecule has 0 aliphatic heterocycles. The molecule has 1 aromatic carbocycles. The van der Waals surface area contributed by atoms with E-state index in [1.165, 1.54) is 0 Å². The zero-order valence-electron chi connectivity index (χ0n) is 13.4. The molecule has 0 atom stereocenters. The Morgan fingerprint density at radius 3 is 2.40 bits per heavy atom. The molecule has 1 heterocycles. The summed E-state index contributed by atoms with van der Waals surface area (Å²) in [5.41, 5.74) is 0.562. The lowest BCUT2D eigenvalue weighted by Gasteiger charge is -2.07. The number of halogens is 1. The number of ether oxygens (including phenoxy) is 2. The summed E-state index contributed by atoms with van der Waals surface area (Å²) in [6, 6.07) is 9.98. The minimum absolute atomic E-state index is 0.00970. The third-order valence-electron chi connectivity index (χ3n) is 3.14. The molecule has 1 amide bonds. The minimum atomic E-state index is -0.610. The van der Waals surface area contributed by atoms with E-state index in [-0.39, 0.29) is 18.6 Å². The van der Waals surface area contributed by atoms with Crippen molar-refractivity contribution in [1.82, 2.24) is 0 Å². The monoisotopic (exact) mass is 381 g/mol. The van der Waals surface area contributed by atoms with Gasteiger partial charge in [-0.15, -0.1) is 11.3 Å². The number of rotatable bonds is 8. The van der Waals surface area contributed by atoms with Crippen molar-refractivity contribution in [3.63, 3.8) is 0 Å². The summed E-state index contributed by atoms with van der Waals surface area (Å²) in [6.07, 6.45) is -0.0834. The van der Waals surface area contributed by atoms with E-state index in [0.29, 0.717) is 20.7 Å². The van der Waals surface area contributed by atoms with E-state index < -0.39 is 18.5 Å². The second-order valence-electron chi connectivity index (χ2n) is 4.96. The number of anilines is 1. The van der Waals surface area contributed by atoms with Gasteiger partial charge in [0.05, 0.1) is 22.7 Å². The Morgan fingerprint density at radius 1 is 1.08 bits per heavy atom. The van der Waals surface area contributed by atoms with E-state index in [4.69, 9.17) is 21.1 Å². The number of carbonyl (C=O) groups excluding carboxylic acids is 3. The number of hydrogen-bond donors (Lipinski definition) is 1. The van der Waals surface area contributed by atoms with Crippen LogP contribution < -0.4 is 10.1 Å². The molecule has 2 aromatic rings. The molecule has 0 fully saturated rings. The number of carbonyl (C=O) groups is 3. The number of hydrogen-bond acceptors (Lipinski definition) is 6. The Kier molecular flexibility index (Phi) is 6.97. The molecular weight excluding hydrogens is 366 g/mol. The molecule has 0 aliphatic rings. The van der Waals surface area contributed by atoms with Gasteiger partial charge in [-0.3, -0.25) is 14.4 Å². The van der Waals surface area contributed by atoms with Crippen LogP contribution in [-0.2, 0) is 14.3 Å². The molecule has 0 saturated carbocycles. The number of benzene rings is 1. The lowest BCUT2D eigenvalue weighted by Crippen LogP contribution is -2.21. The third-order valence-corrected chi connectivity index (χ3v) is 4.41. The van der Waals surface area contributed by atoms with Crippen molar-refractivity contribution >= 4 is 46.3 Å². The van der Waals surface area contributed by atoms with Gasteiger partial charge in [0, 0.05) is 12.1 Å². The van der Waals surface area contributed by atoms with Gasteiger partial charge in [-0.1, -0.05) is 11.6 Å². The fraction of sp³-hybridized carbons (Fsp3) is 0.235. The second-order valence-corrected chi connectivity index (χ2v) is 6.68. The second kappa shape index (κ2) is 9.19. The van der Waals surface area contributed by atoms with Crippen molar-refractivity contribution in [3.8, 4) is 5.75 Å². The van der Waals surface area contributed by atoms with Gasteiger partial charge in [-0.2, -0.15) is 0 Å². The smallest absolute Gasteiger partial charge is 0.306 e. The molecule has 0 unspecified atom stereocenters. The number of methoxy groups -OCH3 is 1. The molecule has 0 spiro atoms. The molecule has 25 heavy (non-hydrogen) atoms. The summed E-state index contributed by atoms with van der Waals surface area (Å²) in [6.45, 7) is -0.413. The Labute approximate surface area is 153 Å². The molecule has 1 N–H and O–H groups in total. The summed E-state index contributed by atoms with van der Waals surface area (Å²) < 4.78 is 10.4. The topological polar surface area (TPSA) is 81.7 Å². The summed E-state index contributed by atoms with van der Waals surface area (Å²) >= 11 is 6.92. The normalized spacial score (nSPS) is 10.2. The molecule has 6 nitrogen and oxygen atoms in total. The highest BCUT2D eigenvalue weighted by molar-refractivity contribution is 7.18. The standard InChI is InChI=1S/C17H16ClNO5S/c1-23-12-4-2-11(3-5-12)19-16(21)10-24-17(22)9-6-13(20)14-7-8-15(18)25-14/h2-5,7-8H,6,9-10H2,1H3,(H,19,21). The van der Waals surface area contributed by atoms with Gasteiger partial charge < -0.3 is 14.8 Å². The first kappa shape index (κ1) is 19.0. The summed E-state index contributed by atoms with van der Waals surface area (Å²) in [4.78, 5) is 35.7. The summed E-state index contributed by atoms with van der Waals surface area (Å²) in [5.74, 6) is -0.589. The maximum Gasteiger partial charge on any atom is 0.306 e. The van der Waals surface area contributed by atoms with Crippen LogP contribution in [0.3, 0.4) is 0 Å². The van der Waals surface area contributed by atoms with Crippen LogP contribution in [0.4, 0.5) is 5.69 Å². The first-order valence-corrected chi connectivity index (χ1v) is 8.55. The van der Waals surface area contributed by atoms with E-state index in [1.54, 1.807) is 43.5 Å². The number of ketones is 1. The van der Waals surface area contributed by atoms with Crippen LogP contribution in [0.2, 0.25) is 4.34 Å². The fourth-order valence-electron chi connectivity index (χ4n) is 1.89. The van der Waals surface area contributed by atoms with Crippen molar-refractivity contribution in [1.29, 1.82) is 0 Å². The lowest BCUT2D eigenvalue weighted by molar-refractivity contribution is -0.147. The zero-order chi connectivity index (χ0) is 18.2. The lowest BCUT2D eigenvalue weighted by atomic mass is 10.2. The van der Waals surface area contributed by atoms with Crippen molar-refractivity contribution < 1.29 is 23.9 Å². The van der Waals surface area contributed by atoms with E-state index in [9.17, 15) is 14.4 Å². The first-order valence-electron chi connectivity index (χ1n) is 7.36. The number of amides is 1. The van der Waals surface area contributed by atoms with Gasteiger partial charge in [0.15, 0.2) is 12.4 Å². The number of esters is 1. The van der Waals surface area contributed by atoms with Crippen LogP contribution in [0.5, 0.6) is 5.75 Å². The predicted octanol–water partition coefficient (Wildman–Crippen LogP) is 3.55. The van der Waals surface area contributed by atoms with Crippen LogP contribution in [-0.4, -0.2) is 31.4 Å². The molecule has 132 valence electrons. The number of nitrogens with one attached hydrogen (secondary N) is 1. The SMILES string of the molecule is COc1ccc(NC(=O)COC(=O)CCC(=O)c2ccc(Cl)s2)cc1. The Balaban J connectivity index is 1.70. The average Bonchev–Trinajstić information content (AvgIpc) is 3.05. The van der Waals surface area contributed by atoms with Crippen molar-refractivity contribution in [2.24, 2.45) is 0 Å². The molecule has 2 rings (SSSR count). The molecule has 0 radical (unpaired) electrons. The van der Waals surface area contributed by atoms with E-state index in [1.807, 2.05) is 0 Å². The van der Waals surface area contributed by atoms with Crippen LogP contribution in [0.15, 0.2) is 36.4 Å². The Hall–Kier alpha value is -2.38. The molecule has 0 aliphatic carbocycles. The van der Waals surface area contributed by atoms with Gasteiger partial charge in [-0.05, 0) is 36.4 Å². The number of thiophene rings is 1. The molecule has 8 heteroatoms. The molecule has 0 saturated heterocycles. The van der Waals surface area contributed by atoms with Crippen LogP contribution in [0.1, 0.15) is 22.5 Å². The van der Waals surface area contributed by atoms with Gasteiger partial charge in [0.1, 0.15) is 5.75 Å². The van der Waals surface area contributed by atoms with Gasteiger partial charge >= 0.3 is 5.97 Å². The fourth-order valence-corrected chi connectivity index (χ4v) is 2.90. The van der Waals surface area contributed by atoms with E-state index in [2.05, 4.69) is 5.32 Å². The van der Waals surface area contributed by atoms with Gasteiger partial charge in [0.25, 0.3) is 5.91 Å². The molecule has 0 bridgehead atoms. The first-order chi connectivity index (χ1) is 12.0. The average molecular weight is 382 g/mol. The van der Waals surface area contributed by atoms with Crippen LogP contribution >= 0.6 is 22.9 Å². The highest BCUT2D eigenvalue weighted by atomic mass is 35.5. The van der Waals surface area contributed by atoms with Crippen molar-refractivity contribution in [2.75, 3.05) is 19.0 Å². The van der Waals surface area contributed by atoms with Gasteiger partial charge in [0.2, 0.25) is 0 Å². The highest BCUT2D eigenvalue weighted by Gasteiger charge is 2.13. The highest BCUT2D eigenvalue weighted by Crippen LogP contribution is 2.23. The van der Waals surface area contributed by atoms with Crippen molar-refractivity contribution in [3.05, 3.63) is 45.6 Å². The zero-order valence-corrected chi connectivity index (χ0v) is 15.0. The molecular formula is C17H16ClNO5S. The van der Waals surface area contributed by atoms with E-state index in [0.717, 1.165) is 11.3 Å². The summed E-state index contributed by atoms with van der Waals surface area (Å²) in [7, 11) is 1.55. The minimum Gasteiger partial charge on any atom is -0.497 e. The molecule has 1 aromatic heterocycles. The maximum absolute atomic E-state index is 11.8. The quantitative estimate of drug-likeness (QED) is 0.558. The number of Topliss-reactive ketones (excluding diaryl/α,β-unsaturated/α-hetero) is 1. The predicted molar refractivity (Wildman–Crippen MR) is 95.5 cm³/mol. The third kappa shape index (κ3) is 6.21. The van der Waals surface area contributed by atoms with E-state index >= 15 is 0 Å². The van der Waals surface area contributed by atoms with Crippen molar-refractivity contribution in [2.45, 2.75) is 12.8 Å².